The van der Waals surface area contributed by atoms with Crippen molar-refractivity contribution in [2.24, 2.45) is 0 Å². The normalized spacial score (nSPS) is 21.8. The zero-order chi connectivity index (χ0) is 16.6. The van der Waals surface area contributed by atoms with E-state index < -0.39 is 0 Å². The Kier molecular flexibility index (Phi) is 11.1. The van der Waals surface area contributed by atoms with Crippen LogP contribution in [0, 0.1) is 0 Å². The minimum atomic E-state index is 0. The largest absolute Gasteiger partial charge is 0.379 e. The van der Waals surface area contributed by atoms with Crippen molar-refractivity contribution in [3.8, 4) is 0 Å². The lowest BCUT2D eigenvalue weighted by Gasteiger charge is -2.31. The van der Waals surface area contributed by atoms with Gasteiger partial charge in [-0.3, -0.25) is 9.69 Å². The second-order valence-corrected chi connectivity index (χ2v) is 6.37. The molecule has 2 heterocycles. The maximum atomic E-state index is 12.5. The number of hydrogen-bond donors (Lipinski definition) is 2. The van der Waals surface area contributed by atoms with Crippen molar-refractivity contribution in [2.45, 2.75) is 18.5 Å². The Bertz CT molecular complexity index is 510. The van der Waals surface area contributed by atoms with Crippen molar-refractivity contribution >= 4 is 30.7 Å². The van der Waals surface area contributed by atoms with Gasteiger partial charge in [0.25, 0.3) is 0 Å². The third kappa shape index (κ3) is 7.39. The molecule has 2 unspecified atom stereocenters. The van der Waals surface area contributed by atoms with Gasteiger partial charge in [0.2, 0.25) is 5.91 Å². The molecule has 2 saturated heterocycles. The Hall–Kier alpha value is -0.890. The molecule has 0 saturated carbocycles. The molecule has 2 N–H and O–H groups in total. The maximum Gasteiger partial charge on any atom is 0.222 e. The summed E-state index contributed by atoms with van der Waals surface area (Å²) in [6.45, 7) is 6.31. The molecule has 1 aromatic carbocycles. The number of rotatable bonds is 6. The van der Waals surface area contributed by atoms with Crippen molar-refractivity contribution in [2.75, 3.05) is 52.6 Å². The van der Waals surface area contributed by atoms with E-state index in [9.17, 15) is 4.79 Å². The molecule has 6 nitrogen and oxygen atoms in total. The second kappa shape index (κ2) is 12.5. The van der Waals surface area contributed by atoms with Gasteiger partial charge in [-0.1, -0.05) is 30.3 Å². The molecule has 2 aliphatic heterocycles. The minimum absolute atomic E-state index is 0. The van der Waals surface area contributed by atoms with E-state index in [0.29, 0.717) is 13.0 Å². The lowest BCUT2D eigenvalue weighted by Crippen LogP contribution is -2.46. The van der Waals surface area contributed by atoms with Gasteiger partial charge in [0.1, 0.15) is 0 Å². The van der Waals surface area contributed by atoms with Crippen LogP contribution in [0.2, 0.25) is 0 Å². The van der Waals surface area contributed by atoms with E-state index >= 15 is 0 Å². The van der Waals surface area contributed by atoms with E-state index in [-0.39, 0.29) is 42.8 Å². The Morgan fingerprint density at radius 3 is 2.54 bits per heavy atom. The molecule has 0 aromatic heterocycles. The molecule has 2 fully saturated rings. The molecule has 148 valence electrons. The van der Waals surface area contributed by atoms with Crippen molar-refractivity contribution in [3.05, 3.63) is 35.9 Å². The van der Waals surface area contributed by atoms with Crippen LogP contribution in [0.3, 0.4) is 0 Å². The van der Waals surface area contributed by atoms with E-state index in [1.165, 1.54) is 0 Å². The fraction of sp³-hybridized carbons (Fsp3) is 0.611. The first-order valence-corrected chi connectivity index (χ1v) is 8.77. The number of carbonyl (C=O) groups excluding carboxylic acids is 1. The van der Waals surface area contributed by atoms with Crippen LogP contribution in [0.4, 0.5) is 0 Å². The average Bonchev–Trinajstić information content (AvgIpc) is 2.63. The van der Waals surface area contributed by atoms with Crippen LogP contribution in [-0.2, 0) is 14.3 Å². The van der Waals surface area contributed by atoms with Gasteiger partial charge >= 0.3 is 0 Å². The number of nitrogens with one attached hydrogen (secondary N) is 2. The highest BCUT2D eigenvalue weighted by Crippen LogP contribution is 2.16. The third-order valence-corrected chi connectivity index (χ3v) is 4.51. The lowest BCUT2D eigenvalue weighted by atomic mass is 10.1. The average molecular weight is 406 g/mol. The van der Waals surface area contributed by atoms with Gasteiger partial charge in [0.15, 0.2) is 0 Å². The summed E-state index contributed by atoms with van der Waals surface area (Å²) in [5, 5.41) is 6.54. The number of carbonyl (C=O) groups is 1. The molecule has 0 bridgehead atoms. The first-order chi connectivity index (χ1) is 11.8. The van der Waals surface area contributed by atoms with Crippen LogP contribution in [0.25, 0.3) is 0 Å². The van der Waals surface area contributed by atoms with Gasteiger partial charge in [-0.25, -0.2) is 0 Å². The number of amides is 1. The summed E-state index contributed by atoms with van der Waals surface area (Å²) < 4.78 is 10.8. The number of morpholine rings is 2. The fourth-order valence-electron chi connectivity index (χ4n) is 3.19. The third-order valence-electron chi connectivity index (χ3n) is 4.51. The van der Waals surface area contributed by atoms with Crippen LogP contribution in [0.5, 0.6) is 0 Å². The number of ether oxygens (including phenoxy) is 2. The van der Waals surface area contributed by atoms with Crippen molar-refractivity contribution in [3.63, 3.8) is 0 Å². The van der Waals surface area contributed by atoms with Crippen molar-refractivity contribution in [1.29, 1.82) is 0 Å². The monoisotopic (exact) mass is 405 g/mol. The summed E-state index contributed by atoms with van der Waals surface area (Å²) >= 11 is 0. The molecule has 26 heavy (non-hydrogen) atoms. The van der Waals surface area contributed by atoms with E-state index in [1.54, 1.807) is 0 Å². The fourth-order valence-corrected chi connectivity index (χ4v) is 3.19. The highest BCUT2D eigenvalue weighted by atomic mass is 35.5. The van der Waals surface area contributed by atoms with Crippen LogP contribution >= 0.6 is 24.8 Å². The summed E-state index contributed by atoms with van der Waals surface area (Å²) in [6.07, 6.45) is 0.451. The van der Waals surface area contributed by atoms with Crippen LogP contribution in [0.1, 0.15) is 18.0 Å². The van der Waals surface area contributed by atoms with Crippen molar-refractivity contribution in [1.82, 2.24) is 15.5 Å². The lowest BCUT2D eigenvalue weighted by molar-refractivity contribution is -0.123. The molecular formula is C18H29Cl2N3O3. The summed E-state index contributed by atoms with van der Waals surface area (Å²) in [5.74, 6) is 0.0695. The first kappa shape index (κ1) is 23.1. The van der Waals surface area contributed by atoms with Gasteiger partial charge < -0.3 is 20.1 Å². The smallest absolute Gasteiger partial charge is 0.222 e. The van der Waals surface area contributed by atoms with E-state index in [2.05, 4.69) is 27.7 Å². The summed E-state index contributed by atoms with van der Waals surface area (Å²) in [4.78, 5) is 14.8. The first-order valence-electron chi connectivity index (χ1n) is 8.77. The standard InChI is InChI=1S/C18H27N3O3.2ClH/c22-18(12-16-14-24-9-6-19-16)20-17(15-4-2-1-3-5-15)13-21-7-10-23-11-8-21;;/h1-5,16-17,19H,6-14H2,(H,20,22);2*1H. The Balaban J connectivity index is 0.00000169. The SMILES string of the molecule is Cl.Cl.O=C(CC1COCCN1)NC(CN1CCOCC1)c1ccccc1. The summed E-state index contributed by atoms with van der Waals surface area (Å²) in [5.41, 5.74) is 1.14. The minimum Gasteiger partial charge on any atom is -0.379 e. The second-order valence-electron chi connectivity index (χ2n) is 6.37. The van der Waals surface area contributed by atoms with Gasteiger partial charge in [0, 0.05) is 38.6 Å². The summed E-state index contributed by atoms with van der Waals surface area (Å²) in [6, 6.07) is 10.3. The maximum absolute atomic E-state index is 12.5. The molecule has 0 spiro atoms. The summed E-state index contributed by atoms with van der Waals surface area (Å²) in [7, 11) is 0. The zero-order valence-electron chi connectivity index (χ0n) is 14.9. The predicted molar refractivity (Wildman–Crippen MR) is 106 cm³/mol. The number of benzene rings is 1. The van der Waals surface area contributed by atoms with Gasteiger partial charge in [-0.05, 0) is 5.56 Å². The highest BCUT2D eigenvalue weighted by Gasteiger charge is 2.22. The topological polar surface area (TPSA) is 62.8 Å². The van der Waals surface area contributed by atoms with E-state index in [0.717, 1.165) is 51.6 Å². The quantitative estimate of drug-likeness (QED) is 0.748. The predicted octanol–water partition coefficient (Wildman–Crippen LogP) is 1.40. The van der Waals surface area contributed by atoms with Crippen molar-refractivity contribution < 1.29 is 14.3 Å². The highest BCUT2D eigenvalue weighted by molar-refractivity contribution is 5.85. The van der Waals surface area contributed by atoms with Crippen LogP contribution < -0.4 is 10.6 Å². The Morgan fingerprint density at radius 1 is 1.15 bits per heavy atom. The molecule has 0 radical (unpaired) electrons. The number of nitrogens with zero attached hydrogens (tertiary/aromatic N) is 1. The molecule has 3 rings (SSSR count). The molecule has 2 aliphatic rings. The number of hydrogen-bond acceptors (Lipinski definition) is 5. The zero-order valence-corrected chi connectivity index (χ0v) is 16.5. The van der Waals surface area contributed by atoms with Crippen LogP contribution in [-0.4, -0.2) is 69.5 Å². The Morgan fingerprint density at radius 2 is 1.88 bits per heavy atom. The van der Waals surface area contributed by atoms with E-state index in [1.807, 2.05) is 18.2 Å². The molecule has 2 atom stereocenters. The van der Waals surface area contributed by atoms with Gasteiger partial charge in [0.05, 0.1) is 32.5 Å². The molecule has 0 aliphatic carbocycles. The Labute approximate surface area is 167 Å². The van der Waals surface area contributed by atoms with Crippen LogP contribution in [0.15, 0.2) is 30.3 Å². The molecular weight excluding hydrogens is 377 g/mol. The molecule has 1 aromatic rings. The van der Waals surface area contributed by atoms with E-state index in [4.69, 9.17) is 9.47 Å². The number of halogens is 2. The molecule has 1 amide bonds. The van der Waals surface area contributed by atoms with Gasteiger partial charge in [-0.2, -0.15) is 0 Å². The van der Waals surface area contributed by atoms with Gasteiger partial charge in [-0.15, -0.1) is 24.8 Å². The molecule has 8 heteroatoms.